The van der Waals surface area contributed by atoms with Crippen molar-refractivity contribution < 1.29 is 4.74 Å². The Morgan fingerprint density at radius 2 is 2.05 bits per heavy atom. The lowest BCUT2D eigenvalue weighted by Crippen LogP contribution is -2.29. The zero-order valence-electron chi connectivity index (χ0n) is 12.5. The van der Waals surface area contributed by atoms with Crippen LogP contribution in [0.4, 0.5) is 5.69 Å². The molecule has 0 atom stereocenters. The van der Waals surface area contributed by atoms with Crippen molar-refractivity contribution in [3.8, 4) is 11.4 Å². The highest BCUT2D eigenvalue weighted by Gasteiger charge is 2.20. The Morgan fingerprint density at radius 1 is 1.24 bits per heavy atom. The highest BCUT2D eigenvalue weighted by atomic mass is 16.5. The van der Waals surface area contributed by atoms with E-state index in [2.05, 4.69) is 33.0 Å². The summed E-state index contributed by atoms with van der Waals surface area (Å²) >= 11 is 0. The number of tetrazole rings is 1. The molecular weight excluding hydrogens is 266 g/mol. The molecule has 1 aliphatic carbocycles. The van der Waals surface area contributed by atoms with Crippen molar-refractivity contribution >= 4 is 5.69 Å². The zero-order valence-corrected chi connectivity index (χ0v) is 12.5. The van der Waals surface area contributed by atoms with Crippen LogP contribution in [0.3, 0.4) is 0 Å². The molecule has 1 saturated carbocycles. The molecule has 1 heterocycles. The largest absolute Gasteiger partial charge is 0.382 e. The number of ether oxygens (including phenoxy) is 1. The van der Waals surface area contributed by atoms with Gasteiger partial charge in [0.05, 0.1) is 6.10 Å². The quantitative estimate of drug-likeness (QED) is 0.934. The number of nitrogens with zero attached hydrogens (tertiary/aromatic N) is 4. The average Bonchev–Trinajstić information content (AvgIpc) is 2.94. The second kappa shape index (κ2) is 6.22. The molecule has 1 N–H and O–H groups in total. The Labute approximate surface area is 124 Å². The van der Waals surface area contributed by atoms with Gasteiger partial charge in [0.2, 0.25) is 0 Å². The molecule has 0 spiro atoms. The predicted octanol–water partition coefficient (Wildman–Crippen LogP) is 2.25. The molecule has 1 aliphatic rings. The topological polar surface area (TPSA) is 64.9 Å². The van der Waals surface area contributed by atoms with E-state index < -0.39 is 0 Å². The summed E-state index contributed by atoms with van der Waals surface area (Å²) in [7, 11) is 3.65. The summed E-state index contributed by atoms with van der Waals surface area (Å²) in [5, 5.41) is 15.2. The van der Waals surface area contributed by atoms with Gasteiger partial charge in [0, 0.05) is 31.5 Å². The number of anilines is 1. The lowest BCUT2D eigenvalue weighted by Gasteiger charge is -2.29. The Balaban J connectivity index is 1.68. The predicted molar refractivity (Wildman–Crippen MR) is 80.9 cm³/mol. The maximum atomic E-state index is 5.42. The molecule has 1 aromatic heterocycles. The number of hydrogen-bond acceptors (Lipinski definition) is 5. The Kier molecular flexibility index (Phi) is 4.15. The third-order valence-electron chi connectivity index (χ3n) is 4.12. The van der Waals surface area contributed by atoms with Crippen LogP contribution in [0.5, 0.6) is 0 Å². The molecule has 112 valence electrons. The number of benzene rings is 1. The molecule has 0 radical (unpaired) electrons. The summed E-state index contributed by atoms with van der Waals surface area (Å²) in [6.45, 7) is 0. The molecule has 0 bridgehead atoms. The van der Waals surface area contributed by atoms with Gasteiger partial charge in [0.25, 0.3) is 0 Å². The molecule has 2 aromatic rings. The van der Waals surface area contributed by atoms with Crippen LogP contribution < -0.4 is 5.32 Å². The number of nitrogens with one attached hydrogen (secondary N) is 1. The van der Waals surface area contributed by atoms with Crippen LogP contribution in [0.25, 0.3) is 11.4 Å². The summed E-state index contributed by atoms with van der Waals surface area (Å²) in [6.07, 6.45) is 4.98. The van der Waals surface area contributed by atoms with Crippen LogP contribution in [0, 0.1) is 0 Å². The molecular formula is C15H21N5O. The summed E-state index contributed by atoms with van der Waals surface area (Å²) in [4.78, 5) is 0. The fourth-order valence-corrected chi connectivity index (χ4v) is 2.90. The van der Waals surface area contributed by atoms with Crippen molar-refractivity contribution in [2.24, 2.45) is 7.05 Å². The van der Waals surface area contributed by atoms with Gasteiger partial charge in [-0.2, -0.15) is 0 Å². The molecule has 1 aromatic carbocycles. The van der Waals surface area contributed by atoms with Gasteiger partial charge in [-0.25, -0.2) is 4.68 Å². The van der Waals surface area contributed by atoms with E-state index in [1.165, 1.54) is 0 Å². The minimum atomic E-state index is 0.430. The van der Waals surface area contributed by atoms with E-state index in [4.69, 9.17) is 4.74 Å². The van der Waals surface area contributed by atoms with Crippen LogP contribution in [-0.2, 0) is 11.8 Å². The minimum absolute atomic E-state index is 0.430. The van der Waals surface area contributed by atoms with E-state index in [0.717, 1.165) is 42.8 Å². The van der Waals surface area contributed by atoms with Gasteiger partial charge in [-0.15, -0.1) is 5.10 Å². The van der Waals surface area contributed by atoms with Gasteiger partial charge in [-0.1, -0.05) is 12.1 Å². The summed E-state index contributed by atoms with van der Waals surface area (Å²) < 4.78 is 7.10. The smallest absolute Gasteiger partial charge is 0.181 e. The summed E-state index contributed by atoms with van der Waals surface area (Å²) in [6, 6.07) is 8.78. The van der Waals surface area contributed by atoms with E-state index in [0.29, 0.717) is 12.1 Å². The Morgan fingerprint density at radius 3 is 2.71 bits per heavy atom. The van der Waals surface area contributed by atoms with Gasteiger partial charge in [-0.3, -0.25) is 0 Å². The van der Waals surface area contributed by atoms with Crippen molar-refractivity contribution in [1.82, 2.24) is 20.2 Å². The fourth-order valence-electron chi connectivity index (χ4n) is 2.90. The first-order chi connectivity index (χ1) is 10.3. The molecule has 0 saturated heterocycles. The van der Waals surface area contributed by atoms with Gasteiger partial charge in [0.1, 0.15) is 0 Å². The van der Waals surface area contributed by atoms with Gasteiger partial charge in [-0.05, 0) is 48.2 Å². The van der Waals surface area contributed by atoms with E-state index in [9.17, 15) is 0 Å². The number of rotatable bonds is 4. The molecule has 3 rings (SSSR count). The molecule has 0 amide bonds. The normalized spacial score (nSPS) is 22.2. The molecule has 6 nitrogen and oxygen atoms in total. The Hall–Kier alpha value is -1.95. The van der Waals surface area contributed by atoms with E-state index in [1.807, 2.05) is 19.2 Å². The third kappa shape index (κ3) is 3.21. The first-order valence-corrected chi connectivity index (χ1v) is 7.38. The van der Waals surface area contributed by atoms with Crippen molar-refractivity contribution in [2.75, 3.05) is 12.4 Å². The minimum Gasteiger partial charge on any atom is -0.382 e. The number of aromatic nitrogens is 4. The number of hydrogen-bond donors (Lipinski definition) is 1. The maximum absolute atomic E-state index is 5.42. The van der Waals surface area contributed by atoms with Crippen LogP contribution >= 0.6 is 0 Å². The molecule has 1 fully saturated rings. The molecule has 21 heavy (non-hydrogen) atoms. The van der Waals surface area contributed by atoms with Crippen LogP contribution in [0.2, 0.25) is 0 Å². The lowest BCUT2D eigenvalue weighted by atomic mass is 9.93. The second-order valence-corrected chi connectivity index (χ2v) is 5.56. The first kappa shape index (κ1) is 14.0. The molecule has 0 aliphatic heterocycles. The Bertz CT molecular complexity index is 589. The van der Waals surface area contributed by atoms with Crippen molar-refractivity contribution in [1.29, 1.82) is 0 Å². The third-order valence-corrected chi connectivity index (χ3v) is 4.12. The summed E-state index contributed by atoms with van der Waals surface area (Å²) in [5.41, 5.74) is 2.15. The first-order valence-electron chi connectivity index (χ1n) is 7.38. The van der Waals surface area contributed by atoms with Gasteiger partial charge in [0.15, 0.2) is 5.82 Å². The van der Waals surface area contributed by atoms with Gasteiger partial charge < -0.3 is 10.1 Å². The molecule has 0 unspecified atom stereocenters. The van der Waals surface area contributed by atoms with Gasteiger partial charge >= 0.3 is 0 Å². The molecule has 6 heteroatoms. The highest BCUT2D eigenvalue weighted by Crippen LogP contribution is 2.25. The van der Waals surface area contributed by atoms with Crippen molar-refractivity contribution in [2.45, 2.75) is 37.8 Å². The number of methoxy groups -OCH3 is 1. The highest BCUT2D eigenvalue weighted by molar-refractivity contribution is 5.62. The average molecular weight is 287 g/mol. The van der Waals surface area contributed by atoms with E-state index in [1.54, 1.807) is 11.8 Å². The summed E-state index contributed by atoms with van der Waals surface area (Å²) in [5.74, 6) is 0.779. The lowest BCUT2D eigenvalue weighted by molar-refractivity contribution is 0.0682. The monoisotopic (exact) mass is 287 g/mol. The standard InChI is InChI=1S/C15H21N5O/c1-20-15(17-18-19-20)11-4-3-5-13(10-11)16-12-6-8-14(21-2)9-7-12/h3-5,10,12,14,16H,6-9H2,1-2H3. The van der Waals surface area contributed by atoms with E-state index in [-0.39, 0.29) is 0 Å². The fraction of sp³-hybridized carbons (Fsp3) is 0.533. The van der Waals surface area contributed by atoms with Crippen LogP contribution in [0.15, 0.2) is 24.3 Å². The second-order valence-electron chi connectivity index (χ2n) is 5.56. The maximum Gasteiger partial charge on any atom is 0.181 e. The zero-order chi connectivity index (χ0) is 14.7. The number of aryl methyl sites for hydroxylation is 1. The van der Waals surface area contributed by atoms with Crippen molar-refractivity contribution in [3.05, 3.63) is 24.3 Å². The van der Waals surface area contributed by atoms with Crippen LogP contribution in [0.1, 0.15) is 25.7 Å². The van der Waals surface area contributed by atoms with E-state index >= 15 is 0 Å². The van der Waals surface area contributed by atoms with Crippen LogP contribution in [-0.4, -0.2) is 39.5 Å². The van der Waals surface area contributed by atoms with Crippen molar-refractivity contribution in [3.63, 3.8) is 0 Å². The SMILES string of the molecule is COC1CCC(Nc2cccc(-c3nnnn3C)c2)CC1.